The van der Waals surface area contributed by atoms with Crippen molar-refractivity contribution in [1.82, 2.24) is 10.2 Å². The second-order valence-electron chi connectivity index (χ2n) is 13.2. The number of carbonyl (C=O) groups is 3. The summed E-state index contributed by atoms with van der Waals surface area (Å²) in [4.78, 5) is 43.3. The highest BCUT2D eigenvalue weighted by molar-refractivity contribution is 5.93. The highest BCUT2D eigenvalue weighted by Gasteiger charge is 2.60. The van der Waals surface area contributed by atoms with Crippen LogP contribution in [-0.2, 0) is 36.8 Å². The fourth-order valence-corrected chi connectivity index (χ4v) is 6.75. The van der Waals surface area contributed by atoms with E-state index in [9.17, 15) is 14.4 Å². The lowest BCUT2D eigenvalue weighted by atomic mass is 9.65. The molecule has 0 unspecified atom stereocenters. The third-order valence-corrected chi connectivity index (χ3v) is 9.24. The van der Waals surface area contributed by atoms with Crippen molar-refractivity contribution in [2.24, 2.45) is 16.7 Å². The van der Waals surface area contributed by atoms with Crippen LogP contribution in [-0.4, -0.2) is 55.7 Å². The predicted octanol–water partition coefficient (Wildman–Crippen LogP) is 5.82. The summed E-state index contributed by atoms with van der Waals surface area (Å²) in [6.45, 7) is 8.73. The standard InChI is InChI=1S/C37H44N2O6/c1-24-37(35(42)44-6)22-28(20-33(40)38-19-18-26-13-8-10-17-30(26)43-5)34(41)39(31(37)21-32(45-24)36(2,3)4)23-27-15-11-14-25-12-7-9-16-29(25)27/h7-17,21,24,28,32H,18-20,22-23H2,1-6H3,(H,38,40)/t24-,28+,32-,37+/m1/s1. The summed E-state index contributed by atoms with van der Waals surface area (Å²) < 4.78 is 17.4. The number of rotatable bonds is 9. The first-order chi connectivity index (χ1) is 21.5. The average molecular weight is 613 g/mol. The normalized spacial score (nSPS) is 23.2. The van der Waals surface area contributed by atoms with Gasteiger partial charge in [0, 0.05) is 24.6 Å². The van der Waals surface area contributed by atoms with Crippen LogP contribution in [0.2, 0.25) is 0 Å². The Labute approximate surface area is 265 Å². The molecular formula is C37H44N2O6. The van der Waals surface area contributed by atoms with E-state index in [0.717, 1.165) is 27.6 Å². The van der Waals surface area contributed by atoms with Gasteiger partial charge in [-0.2, -0.15) is 0 Å². The summed E-state index contributed by atoms with van der Waals surface area (Å²) in [5.74, 6) is -0.893. The molecule has 0 spiro atoms. The second-order valence-corrected chi connectivity index (χ2v) is 13.2. The summed E-state index contributed by atoms with van der Waals surface area (Å²) in [5, 5.41) is 5.07. The van der Waals surface area contributed by atoms with Crippen LogP contribution in [0.3, 0.4) is 0 Å². The number of benzene rings is 3. The van der Waals surface area contributed by atoms with Crippen molar-refractivity contribution in [3.63, 3.8) is 0 Å². The van der Waals surface area contributed by atoms with Crippen LogP contribution in [0.1, 0.15) is 51.7 Å². The Kier molecular flexibility index (Phi) is 9.35. The number of fused-ring (bicyclic) bond motifs is 2. The van der Waals surface area contributed by atoms with Gasteiger partial charge >= 0.3 is 5.97 Å². The molecule has 0 radical (unpaired) electrons. The maximum absolute atomic E-state index is 14.4. The number of methoxy groups -OCH3 is 2. The molecule has 45 heavy (non-hydrogen) atoms. The van der Waals surface area contributed by atoms with E-state index in [1.54, 1.807) is 12.0 Å². The number of piperidine rings is 1. The van der Waals surface area contributed by atoms with E-state index in [4.69, 9.17) is 14.2 Å². The van der Waals surface area contributed by atoms with Gasteiger partial charge in [-0.15, -0.1) is 0 Å². The molecule has 2 aliphatic rings. The number of para-hydroxylation sites is 1. The van der Waals surface area contributed by atoms with Gasteiger partial charge in [-0.25, -0.2) is 0 Å². The number of hydrogen-bond donors (Lipinski definition) is 1. The van der Waals surface area contributed by atoms with Crippen molar-refractivity contribution in [2.75, 3.05) is 20.8 Å². The number of amides is 2. The fourth-order valence-electron chi connectivity index (χ4n) is 6.75. The molecular weight excluding hydrogens is 568 g/mol. The van der Waals surface area contributed by atoms with Crippen molar-refractivity contribution >= 4 is 28.6 Å². The molecule has 8 heteroatoms. The number of hydrogen-bond acceptors (Lipinski definition) is 6. The summed E-state index contributed by atoms with van der Waals surface area (Å²) in [7, 11) is 2.98. The molecule has 2 aliphatic heterocycles. The minimum atomic E-state index is -1.25. The molecule has 0 saturated carbocycles. The van der Waals surface area contributed by atoms with Crippen LogP contribution in [0.25, 0.3) is 10.8 Å². The van der Waals surface area contributed by atoms with E-state index in [1.807, 2.05) is 79.7 Å². The molecule has 3 aromatic rings. The second kappa shape index (κ2) is 13.1. The molecule has 1 saturated heterocycles. The molecule has 1 N–H and O–H groups in total. The molecule has 5 rings (SSSR count). The molecule has 2 heterocycles. The first-order valence-corrected chi connectivity index (χ1v) is 15.6. The van der Waals surface area contributed by atoms with Gasteiger partial charge < -0.3 is 24.4 Å². The minimum absolute atomic E-state index is 0.0573. The fraction of sp³-hybridized carbons (Fsp3) is 0.432. The lowest BCUT2D eigenvalue weighted by molar-refractivity contribution is -0.180. The maximum atomic E-state index is 14.4. The number of nitrogens with one attached hydrogen (secondary N) is 1. The Morgan fingerprint density at radius 2 is 1.69 bits per heavy atom. The van der Waals surface area contributed by atoms with Gasteiger partial charge in [0.05, 0.1) is 33.0 Å². The highest BCUT2D eigenvalue weighted by atomic mass is 16.5. The zero-order valence-electron chi connectivity index (χ0n) is 27.1. The molecule has 0 aromatic heterocycles. The average Bonchev–Trinajstić information content (AvgIpc) is 3.02. The molecule has 0 bridgehead atoms. The first kappa shape index (κ1) is 32.2. The molecule has 8 nitrogen and oxygen atoms in total. The van der Waals surface area contributed by atoms with Crippen molar-refractivity contribution in [3.8, 4) is 5.75 Å². The zero-order chi connectivity index (χ0) is 32.4. The van der Waals surface area contributed by atoms with E-state index >= 15 is 0 Å². The van der Waals surface area contributed by atoms with Crippen LogP contribution < -0.4 is 10.1 Å². The first-order valence-electron chi connectivity index (χ1n) is 15.6. The third kappa shape index (κ3) is 6.34. The van der Waals surface area contributed by atoms with Gasteiger partial charge in [0.1, 0.15) is 11.2 Å². The van der Waals surface area contributed by atoms with E-state index in [1.165, 1.54) is 7.11 Å². The van der Waals surface area contributed by atoms with E-state index in [-0.39, 0.29) is 42.7 Å². The predicted molar refractivity (Wildman–Crippen MR) is 173 cm³/mol. The summed E-state index contributed by atoms with van der Waals surface area (Å²) in [6, 6.07) is 21.8. The molecule has 4 atom stereocenters. The Hall–Kier alpha value is -4.17. The van der Waals surface area contributed by atoms with Gasteiger partial charge in [-0.3, -0.25) is 14.4 Å². The Balaban J connectivity index is 1.49. The number of likely N-dealkylation sites (tertiary alicyclic amines) is 1. The van der Waals surface area contributed by atoms with Gasteiger partial charge in [-0.1, -0.05) is 81.4 Å². The van der Waals surface area contributed by atoms with E-state index < -0.39 is 23.4 Å². The SMILES string of the molecule is COC(=O)[C@]12C[C@H](CC(=O)NCCc3ccccc3OC)C(=O)N(Cc3cccc4ccccc34)C1=C[C@H](C(C)(C)C)O[C@@H]2C. The monoisotopic (exact) mass is 612 g/mol. The van der Waals surface area contributed by atoms with Crippen molar-refractivity contribution < 1.29 is 28.6 Å². The lowest BCUT2D eigenvalue weighted by Gasteiger charge is -2.53. The lowest BCUT2D eigenvalue weighted by Crippen LogP contribution is -2.61. The topological polar surface area (TPSA) is 94.2 Å². The Morgan fingerprint density at radius 1 is 1.00 bits per heavy atom. The number of ether oxygens (including phenoxy) is 3. The minimum Gasteiger partial charge on any atom is -0.496 e. The van der Waals surface area contributed by atoms with Gasteiger partial charge in [-0.05, 0) is 59.2 Å². The molecule has 0 aliphatic carbocycles. The summed E-state index contributed by atoms with van der Waals surface area (Å²) >= 11 is 0. The van der Waals surface area contributed by atoms with E-state index in [0.29, 0.717) is 18.7 Å². The number of carbonyl (C=O) groups excluding carboxylic acids is 3. The Morgan fingerprint density at radius 3 is 2.42 bits per heavy atom. The smallest absolute Gasteiger partial charge is 0.320 e. The largest absolute Gasteiger partial charge is 0.496 e. The van der Waals surface area contributed by atoms with E-state index in [2.05, 4.69) is 26.1 Å². The van der Waals surface area contributed by atoms with Crippen LogP contribution in [0, 0.1) is 16.7 Å². The number of nitrogens with zero attached hydrogens (tertiary/aromatic N) is 1. The third-order valence-electron chi connectivity index (χ3n) is 9.24. The zero-order valence-corrected chi connectivity index (χ0v) is 27.1. The maximum Gasteiger partial charge on any atom is 0.320 e. The quantitative estimate of drug-likeness (QED) is 0.306. The molecule has 1 fully saturated rings. The van der Waals surface area contributed by atoms with Gasteiger partial charge in [0.2, 0.25) is 11.8 Å². The van der Waals surface area contributed by atoms with Crippen LogP contribution in [0.4, 0.5) is 0 Å². The Bertz CT molecular complexity index is 1600. The number of esters is 1. The van der Waals surface area contributed by atoms with Crippen LogP contribution >= 0.6 is 0 Å². The molecule has 2 amide bonds. The summed E-state index contributed by atoms with van der Waals surface area (Å²) in [6.07, 6.45) is 1.65. The van der Waals surface area contributed by atoms with Crippen molar-refractivity contribution in [1.29, 1.82) is 0 Å². The summed E-state index contributed by atoms with van der Waals surface area (Å²) in [5.41, 5.74) is 0.998. The van der Waals surface area contributed by atoms with Gasteiger partial charge in [0.15, 0.2) is 0 Å². The van der Waals surface area contributed by atoms with Crippen molar-refractivity contribution in [3.05, 3.63) is 89.6 Å². The molecule has 238 valence electrons. The van der Waals surface area contributed by atoms with Crippen LogP contribution in [0.5, 0.6) is 5.75 Å². The molecule has 3 aromatic carbocycles. The van der Waals surface area contributed by atoms with Crippen molar-refractivity contribution in [2.45, 2.75) is 65.7 Å². The van der Waals surface area contributed by atoms with Gasteiger partial charge in [0.25, 0.3) is 0 Å². The highest BCUT2D eigenvalue weighted by Crippen LogP contribution is 2.52. The van der Waals surface area contributed by atoms with Crippen LogP contribution in [0.15, 0.2) is 78.5 Å².